The van der Waals surface area contributed by atoms with Crippen molar-refractivity contribution in [2.75, 3.05) is 25.6 Å². The minimum Gasteiger partial charge on any atom is -0.496 e. The summed E-state index contributed by atoms with van der Waals surface area (Å²) in [5.74, 6) is 2.40. The van der Waals surface area contributed by atoms with Crippen LogP contribution in [0, 0.1) is 0 Å². The zero-order valence-corrected chi connectivity index (χ0v) is 15.2. The number of para-hydroxylation sites is 1. The quantitative estimate of drug-likeness (QED) is 0.906. The van der Waals surface area contributed by atoms with Crippen molar-refractivity contribution >= 4 is 11.7 Å². The van der Waals surface area contributed by atoms with E-state index in [-0.39, 0.29) is 11.8 Å². The number of rotatable bonds is 5. The summed E-state index contributed by atoms with van der Waals surface area (Å²) >= 11 is 0. The van der Waals surface area contributed by atoms with E-state index in [1.807, 2.05) is 45.2 Å². The van der Waals surface area contributed by atoms with Gasteiger partial charge < -0.3 is 15.0 Å². The van der Waals surface area contributed by atoms with Gasteiger partial charge in [0.05, 0.1) is 7.11 Å². The molecule has 0 saturated carbocycles. The smallest absolute Gasteiger partial charge is 0.270 e. The van der Waals surface area contributed by atoms with Gasteiger partial charge in [0, 0.05) is 37.2 Å². The third-order valence-electron chi connectivity index (χ3n) is 4.36. The van der Waals surface area contributed by atoms with Gasteiger partial charge in [-0.2, -0.15) is 0 Å². The Morgan fingerprint density at radius 3 is 2.76 bits per heavy atom. The van der Waals surface area contributed by atoms with Gasteiger partial charge in [0.15, 0.2) is 0 Å². The van der Waals surface area contributed by atoms with Crippen LogP contribution >= 0.6 is 0 Å². The highest BCUT2D eigenvalue weighted by Crippen LogP contribution is 2.28. The number of fused-ring (bicyclic) bond motifs is 1. The number of anilines is 1. The van der Waals surface area contributed by atoms with Gasteiger partial charge in [-0.25, -0.2) is 9.97 Å². The first-order chi connectivity index (χ1) is 12.0. The van der Waals surface area contributed by atoms with E-state index in [9.17, 15) is 4.79 Å². The molecule has 1 amide bonds. The normalized spacial score (nSPS) is 13.4. The van der Waals surface area contributed by atoms with Crippen LogP contribution in [0.1, 0.15) is 47.2 Å². The minimum atomic E-state index is -0.113. The fraction of sp³-hybridized carbons (Fsp3) is 0.421. The van der Waals surface area contributed by atoms with Gasteiger partial charge in [-0.15, -0.1) is 0 Å². The Hall–Kier alpha value is -2.63. The van der Waals surface area contributed by atoms with Crippen LogP contribution in [0.15, 0.2) is 24.3 Å². The Balaban J connectivity index is 2.01. The van der Waals surface area contributed by atoms with Crippen molar-refractivity contribution in [3.8, 4) is 5.75 Å². The monoisotopic (exact) mass is 340 g/mol. The predicted molar refractivity (Wildman–Crippen MR) is 97.3 cm³/mol. The van der Waals surface area contributed by atoms with Crippen LogP contribution in [0.3, 0.4) is 0 Å². The first-order valence-corrected chi connectivity index (χ1v) is 8.53. The number of methoxy groups -OCH3 is 1. The molecule has 6 nitrogen and oxygen atoms in total. The lowest BCUT2D eigenvalue weighted by Crippen LogP contribution is -2.35. The van der Waals surface area contributed by atoms with Gasteiger partial charge in [-0.05, 0) is 12.5 Å². The van der Waals surface area contributed by atoms with Crippen molar-refractivity contribution < 1.29 is 9.53 Å². The van der Waals surface area contributed by atoms with Crippen molar-refractivity contribution in [1.29, 1.82) is 0 Å². The van der Waals surface area contributed by atoms with Crippen molar-refractivity contribution in [2.24, 2.45) is 0 Å². The largest absolute Gasteiger partial charge is 0.496 e. The molecule has 0 bridgehead atoms. The van der Waals surface area contributed by atoms with E-state index in [1.165, 1.54) is 0 Å². The molecule has 0 saturated heterocycles. The average Bonchev–Trinajstić information content (AvgIpc) is 2.61. The fourth-order valence-corrected chi connectivity index (χ4v) is 3.03. The van der Waals surface area contributed by atoms with Crippen LogP contribution in [0.4, 0.5) is 5.82 Å². The zero-order chi connectivity index (χ0) is 18.0. The number of nitrogens with one attached hydrogen (secondary N) is 1. The molecule has 2 heterocycles. The Morgan fingerprint density at radius 2 is 2.04 bits per heavy atom. The molecule has 1 N–H and O–H groups in total. The lowest BCUT2D eigenvalue weighted by Gasteiger charge is -2.26. The zero-order valence-electron chi connectivity index (χ0n) is 15.2. The molecule has 1 aromatic heterocycles. The molecule has 1 aliphatic heterocycles. The number of carbonyl (C=O) groups excluding carboxylic acids is 1. The maximum atomic E-state index is 12.3. The predicted octanol–water partition coefficient (Wildman–Crippen LogP) is 2.53. The van der Waals surface area contributed by atoms with E-state index < -0.39 is 0 Å². The molecular weight excluding hydrogens is 316 g/mol. The van der Waals surface area contributed by atoms with Crippen molar-refractivity contribution in [3.05, 3.63) is 46.9 Å². The molecule has 2 aromatic rings. The molecule has 0 unspecified atom stereocenters. The van der Waals surface area contributed by atoms with Crippen LogP contribution in [0.2, 0.25) is 0 Å². The van der Waals surface area contributed by atoms with Crippen LogP contribution in [-0.4, -0.2) is 36.6 Å². The van der Waals surface area contributed by atoms with Gasteiger partial charge in [0.1, 0.15) is 23.1 Å². The topological polar surface area (TPSA) is 67.3 Å². The van der Waals surface area contributed by atoms with Crippen LogP contribution in [0.5, 0.6) is 5.75 Å². The van der Waals surface area contributed by atoms with E-state index in [0.717, 1.165) is 29.1 Å². The Bertz CT molecular complexity index is 789. The summed E-state index contributed by atoms with van der Waals surface area (Å²) in [4.78, 5) is 23.6. The minimum absolute atomic E-state index is 0.113. The van der Waals surface area contributed by atoms with Gasteiger partial charge in [0.25, 0.3) is 5.91 Å². The van der Waals surface area contributed by atoms with E-state index in [1.54, 1.807) is 7.11 Å². The lowest BCUT2D eigenvalue weighted by atomic mass is 10.0. The molecule has 0 radical (unpaired) electrons. The third kappa shape index (κ3) is 3.43. The standard InChI is InChI=1S/C19H24N4O2/c1-12(2)17-21-16-14(9-10-20-19(16)24)18(22-17)23(3)11-13-7-5-6-8-15(13)25-4/h5-8,12H,9-11H2,1-4H3,(H,20,24). The van der Waals surface area contributed by atoms with Crippen LogP contribution in [-0.2, 0) is 13.0 Å². The number of amides is 1. The molecule has 3 rings (SSSR count). The molecule has 0 atom stereocenters. The van der Waals surface area contributed by atoms with Crippen molar-refractivity contribution in [1.82, 2.24) is 15.3 Å². The summed E-state index contributed by atoms with van der Waals surface area (Å²) in [6.45, 7) is 5.33. The van der Waals surface area contributed by atoms with Gasteiger partial charge in [0.2, 0.25) is 0 Å². The highest BCUT2D eigenvalue weighted by molar-refractivity contribution is 5.96. The second-order valence-corrected chi connectivity index (χ2v) is 6.56. The van der Waals surface area contributed by atoms with Crippen LogP contribution in [0.25, 0.3) is 0 Å². The summed E-state index contributed by atoms with van der Waals surface area (Å²) in [7, 11) is 3.66. The summed E-state index contributed by atoms with van der Waals surface area (Å²) in [5, 5.41) is 2.87. The molecule has 0 spiro atoms. The highest BCUT2D eigenvalue weighted by atomic mass is 16.5. The molecular formula is C19H24N4O2. The van der Waals surface area contributed by atoms with Gasteiger partial charge >= 0.3 is 0 Å². The molecule has 25 heavy (non-hydrogen) atoms. The van der Waals surface area contributed by atoms with E-state index in [0.29, 0.717) is 24.6 Å². The molecule has 6 heteroatoms. The van der Waals surface area contributed by atoms with E-state index in [2.05, 4.69) is 15.2 Å². The lowest BCUT2D eigenvalue weighted by molar-refractivity contribution is 0.0940. The number of nitrogens with zero attached hydrogens (tertiary/aromatic N) is 3. The van der Waals surface area contributed by atoms with Gasteiger partial charge in [-0.3, -0.25) is 4.79 Å². The summed E-state index contributed by atoms with van der Waals surface area (Å²) in [6, 6.07) is 7.94. The maximum absolute atomic E-state index is 12.3. The van der Waals surface area contributed by atoms with E-state index >= 15 is 0 Å². The van der Waals surface area contributed by atoms with Crippen molar-refractivity contribution in [3.63, 3.8) is 0 Å². The molecule has 1 aromatic carbocycles. The molecule has 0 aliphatic carbocycles. The second-order valence-electron chi connectivity index (χ2n) is 6.56. The van der Waals surface area contributed by atoms with Gasteiger partial charge in [-0.1, -0.05) is 32.0 Å². The van der Waals surface area contributed by atoms with Crippen LogP contribution < -0.4 is 15.0 Å². The number of aromatic nitrogens is 2. The first-order valence-electron chi connectivity index (χ1n) is 8.53. The second kappa shape index (κ2) is 7.09. The first kappa shape index (κ1) is 17.2. The third-order valence-corrected chi connectivity index (χ3v) is 4.36. The Kier molecular flexibility index (Phi) is 4.88. The SMILES string of the molecule is COc1ccccc1CN(C)c1nc(C(C)C)nc2c1CCNC2=O. The number of hydrogen-bond donors (Lipinski definition) is 1. The Labute approximate surface area is 148 Å². The molecule has 1 aliphatic rings. The number of benzene rings is 1. The highest BCUT2D eigenvalue weighted by Gasteiger charge is 2.26. The maximum Gasteiger partial charge on any atom is 0.270 e. The number of ether oxygens (including phenoxy) is 1. The summed E-state index contributed by atoms with van der Waals surface area (Å²) in [6.07, 6.45) is 0.741. The molecule has 0 fully saturated rings. The fourth-order valence-electron chi connectivity index (χ4n) is 3.03. The average molecular weight is 340 g/mol. The number of carbonyl (C=O) groups is 1. The molecule has 132 valence electrons. The summed E-state index contributed by atoms with van der Waals surface area (Å²) < 4.78 is 5.45. The van der Waals surface area contributed by atoms with Crippen molar-refractivity contribution in [2.45, 2.75) is 32.7 Å². The summed E-state index contributed by atoms with van der Waals surface area (Å²) in [5.41, 5.74) is 2.50. The Morgan fingerprint density at radius 1 is 1.28 bits per heavy atom. The number of hydrogen-bond acceptors (Lipinski definition) is 5. The van der Waals surface area contributed by atoms with E-state index in [4.69, 9.17) is 9.72 Å².